The third-order valence-corrected chi connectivity index (χ3v) is 3.21. The van der Waals surface area contributed by atoms with Gasteiger partial charge in [0.15, 0.2) is 0 Å². The monoisotopic (exact) mass is 248 g/mol. The van der Waals surface area contributed by atoms with Crippen LogP contribution in [-0.2, 0) is 11.2 Å². The molecule has 4 nitrogen and oxygen atoms in total. The van der Waals surface area contributed by atoms with Crippen molar-refractivity contribution in [3.8, 4) is 5.75 Å². The molecular weight excluding hydrogens is 228 g/mol. The Balaban J connectivity index is 1.94. The summed E-state index contributed by atoms with van der Waals surface area (Å²) in [6.07, 6.45) is 2.85. The summed E-state index contributed by atoms with van der Waals surface area (Å²) in [5, 5.41) is 6.20. The van der Waals surface area contributed by atoms with E-state index >= 15 is 0 Å². The molecule has 0 fully saturated rings. The molecule has 2 rings (SSSR count). The van der Waals surface area contributed by atoms with Crippen molar-refractivity contribution in [2.75, 3.05) is 19.0 Å². The Morgan fingerprint density at radius 3 is 3.11 bits per heavy atom. The quantitative estimate of drug-likeness (QED) is 0.783. The minimum absolute atomic E-state index is 0.0821. The molecule has 1 amide bonds. The van der Waals surface area contributed by atoms with Gasteiger partial charge in [0, 0.05) is 18.7 Å². The highest BCUT2D eigenvalue weighted by molar-refractivity contribution is 5.87. The minimum Gasteiger partial charge on any atom is -0.497 e. The summed E-state index contributed by atoms with van der Waals surface area (Å²) < 4.78 is 5.19. The van der Waals surface area contributed by atoms with Gasteiger partial charge < -0.3 is 15.4 Å². The fraction of sp³-hybridized carbons (Fsp3) is 0.500. The molecule has 18 heavy (non-hydrogen) atoms. The molecule has 0 aromatic heterocycles. The second-order valence-electron chi connectivity index (χ2n) is 4.57. The van der Waals surface area contributed by atoms with Gasteiger partial charge in [-0.2, -0.15) is 0 Å². The first-order valence-corrected chi connectivity index (χ1v) is 6.45. The number of nitrogens with one attached hydrogen (secondary N) is 2. The number of unbranched alkanes of at least 4 members (excludes halogenated alkanes) is 1. The number of ether oxygens (including phenoxy) is 1. The fourth-order valence-corrected chi connectivity index (χ4v) is 2.14. The number of amides is 1. The Labute approximate surface area is 108 Å². The van der Waals surface area contributed by atoms with Crippen LogP contribution in [0.1, 0.15) is 25.3 Å². The number of methoxy groups -OCH3 is 1. The van der Waals surface area contributed by atoms with Crippen LogP contribution in [0.15, 0.2) is 18.2 Å². The molecule has 1 aliphatic heterocycles. The van der Waals surface area contributed by atoms with Crippen molar-refractivity contribution >= 4 is 11.6 Å². The third-order valence-electron chi connectivity index (χ3n) is 3.21. The van der Waals surface area contributed by atoms with Gasteiger partial charge in [-0.15, -0.1) is 0 Å². The van der Waals surface area contributed by atoms with E-state index in [2.05, 4.69) is 17.6 Å². The predicted octanol–water partition coefficient (Wildman–Crippen LogP) is 1.95. The molecule has 0 saturated carbocycles. The molecule has 1 heterocycles. The summed E-state index contributed by atoms with van der Waals surface area (Å²) in [4.78, 5) is 11.9. The van der Waals surface area contributed by atoms with Crippen LogP contribution in [0.25, 0.3) is 0 Å². The number of carbonyl (C=O) groups excluding carboxylic acids is 1. The topological polar surface area (TPSA) is 50.4 Å². The summed E-state index contributed by atoms with van der Waals surface area (Å²) in [6.45, 7) is 2.87. The second-order valence-corrected chi connectivity index (χ2v) is 4.57. The molecular formula is C14H20N2O2. The number of hydrogen-bond acceptors (Lipinski definition) is 3. The van der Waals surface area contributed by atoms with E-state index in [-0.39, 0.29) is 11.9 Å². The number of benzene rings is 1. The maximum Gasteiger partial charge on any atom is 0.242 e. The average Bonchev–Trinajstić information content (AvgIpc) is 2.81. The molecule has 1 aromatic rings. The summed E-state index contributed by atoms with van der Waals surface area (Å²) >= 11 is 0. The largest absolute Gasteiger partial charge is 0.497 e. The summed E-state index contributed by atoms with van der Waals surface area (Å²) in [5.74, 6) is 0.918. The van der Waals surface area contributed by atoms with Crippen LogP contribution >= 0.6 is 0 Å². The van der Waals surface area contributed by atoms with Gasteiger partial charge in [0.05, 0.1) is 7.11 Å². The first-order valence-electron chi connectivity index (χ1n) is 6.45. The van der Waals surface area contributed by atoms with E-state index in [1.807, 2.05) is 18.2 Å². The molecule has 0 aliphatic carbocycles. The molecule has 0 bridgehead atoms. The Kier molecular flexibility index (Phi) is 4.07. The van der Waals surface area contributed by atoms with Gasteiger partial charge in [-0.05, 0) is 30.2 Å². The smallest absolute Gasteiger partial charge is 0.242 e. The zero-order valence-corrected chi connectivity index (χ0v) is 11.0. The molecule has 2 N–H and O–H groups in total. The molecule has 98 valence electrons. The SMILES string of the molecule is CCCCNC(=O)[C@H]1Cc2cc(OC)ccc2N1. The van der Waals surface area contributed by atoms with Crippen LogP contribution in [-0.4, -0.2) is 25.6 Å². The number of rotatable bonds is 5. The molecule has 1 atom stereocenters. The first-order chi connectivity index (χ1) is 8.74. The lowest BCUT2D eigenvalue weighted by Gasteiger charge is -2.11. The second kappa shape index (κ2) is 5.76. The maximum atomic E-state index is 11.9. The van der Waals surface area contributed by atoms with Gasteiger partial charge in [0.2, 0.25) is 5.91 Å². The number of hydrogen-bond donors (Lipinski definition) is 2. The van der Waals surface area contributed by atoms with Crippen molar-refractivity contribution in [1.82, 2.24) is 5.32 Å². The summed E-state index contributed by atoms with van der Waals surface area (Å²) in [6, 6.07) is 5.71. The number of fused-ring (bicyclic) bond motifs is 1. The zero-order valence-electron chi connectivity index (χ0n) is 11.0. The lowest BCUT2D eigenvalue weighted by molar-refractivity contribution is -0.121. The molecule has 0 spiro atoms. The molecule has 1 aromatic carbocycles. The normalized spacial score (nSPS) is 16.9. The predicted molar refractivity (Wildman–Crippen MR) is 72.0 cm³/mol. The van der Waals surface area contributed by atoms with E-state index in [0.29, 0.717) is 0 Å². The first kappa shape index (κ1) is 12.7. The van der Waals surface area contributed by atoms with E-state index in [1.165, 1.54) is 0 Å². The van der Waals surface area contributed by atoms with Gasteiger partial charge in [-0.3, -0.25) is 4.79 Å². The van der Waals surface area contributed by atoms with Crippen molar-refractivity contribution < 1.29 is 9.53 Å². The van der Waals surface area contributed by atoms with Crippen LogP contribution in [0, 0.1) is 0 Å². The summed E-state index contributed by atoms with van der Waals surface area (Å²) in [5.41, 5.74) is 2.18. The standard InChI is InChI=1S/C14H20N2O2/c1-3-4-7-15-14(17)13-9-10-8-11(18-2)5-6-12(10)16-13/h5-6,8,13,16H,3-4,7,9H2,1-2H3,(H,15,17)/t13-/m1/s1. The molecule has 0 unspecified atom stereocenters. The molecule has 4 heteroatoms. The Morgan fingerprint density at radius 2 is 2.39 bits per heavy atom. The van der Waals surface area contributed by atoms with Crippen LogP contribution in [0.4, 0.5) is 5.69 Å². The lowest BCUT2D eigenvalue weighted by atomic mass is 10.1. The van der Waals surface area contributed by atoms with Crippen molar-refractivity contribution in [2.45, 2.75) is 32.2 Å². The van der Waals surface area contributed by atoms with Gasteiger partial charge in [0.25, 0.3) is 0 Å². The van der Waals surface area contributed by atoms with Gasteiger partial charge in [0.1, 0.15) is 11.8 Å². The average molecular weight is 248 g/mol. The van der Waals surface area contributed by atoms with Gasteiger partial charge in [-0.1, -0.05) is 13.3 Å². The van der Waals surface area contributed by atoms with Crippen LogP contribution in [0.3, 0.4) is 0 Å². The Bertz CT molecular complexity index is 432. The molecule has 1 aliphatic rings. The van der Waals surface area contributed by atoms with E-state index in [1.54, 1.807) is 7.11 Å². The highest BCUT2D eigenvalue weighted by atomic mass is 16.5. The van der Waals surface area contributed by atoms with Crippen molar-refractivity contribution in [3.05, 3.63) is 23.8 Å². The van der Waals surface area contributed by atoms with Crippen LogP contribution < -0.4 is 15.4 Å². The van der Waals surface area contributed by atoms with Crippen molar-refractivity contribution in [1.29, 1.82) is 0 Å². The fourth-order valence-electron chi connectivity index (χ4n) is 2.14. The van der Waals surface area contributed by atoms with Crippen LogP contribution in [0.2, 0.25) is 0 Å². The molecule has 0 radical (unpaired) electrons. The Morgan fingerprint density at radius 1 is 1.56 bits per heavy atom. The van der Waals surface area contributed by atoms with Crippen molar-refractivity contribution in [3.63, 3.8) is 0 Å². The minimum atomic E-state index is -0.149. The van der Waals surface area contributed by atoms with E-state index < -0.39 is 0 Å². The van der Waals surface area contributed by atoms with Gasteiger partial charge in [-0.25, -0.2) is 0 Å². The Hall–Kier alpha value is -1.71. The number of carbonyl (C=O) groups is 1. The molecule has 0 saturated heterocycles. The van der Waals surface area contributed by atoms with Crippen molar-refractivity contribution in [2.24, 2.45) is 0 Å². The van der Waals surface area contributed by atoms with Crippen LogP contribution in [0.5, 0.6) is 5.75 Å². The highest BCUT2D eigenvalue weighted by Gasteiger charge is 2.26. The number of anilines is 1. The van der Waals surface area contributed by atoms with E-state index in [4.69, 9.17) is 4.74 Å². The summed E-state index contributed by atoms with van der Waals surface area (Å²) in [7, 11) is 1.65. The lowest BCUT2D eigenvalue weighted by Crippen LogP contribution is -2.38. The van der Waals surface area contributed by atoms with E-state index in [9.17, 15) is 4.79 Å². The van der Waals surface area contributed by atoms with Gasteiger partial charge >= 0.3 is 0 Å². The maximum absolute atomic E-state index is 11.9. The highest BCUT2D eigenvalue weighted by Crippen LogP contribution is 2.29. The van der Waals surface area contributed by atoms with E-state index in [0.717, 1.165) is 42.8 Å². The zero-order chi connectivity index (χ0) is 13.0. The third kappa shape index (κ3) is 2.75.